The molecule has 0 radical (unpaired) electrons. The maximum Gasteiger partial charge on any atom is 0.295 e. The van der Waals surface area contributed by atoms with Gasteiger partial charge in [0.1, 0.15) is 0 Å². The first kappa shape index (κ1) is 19.3. The quantitative estimate of drug-likeness (QED) is 0.505. The van der Waals surface area contributed by atoms with Gasteiger partial charge in [0.15, 0.2) is 5.03 Å². The van der Waals surface area contributed by atoms with Crippen LogP contribution in [-0.4, -0.2) is 70.0 Å². The summed E-state index contributed by atoms with van der Waals surface area (Å²) in [7, 11) is -2.03. The lowest BCUT2D eigenvalue weighted by Gasteiger charge is -2.20. The van der Waals surface area contributed by atoms with Crippen molar-refractivity contribution in [1.82, 2.24) is 23.7 Å². The number of para-hydroxylation sites is 1. The number of rotatable bonds is 4. The summed E-state index contributed by atoms with van der Waals surface area (Å²) in [6, 6.07) is 7.28. The Hall–Kier alpha value is -2.98. The number of aryl methyl sites for hydroxylation is 1. The monoisotopic (exact) mass is 415 g/mol. The zero-order chi connectivity index (χ0) is 20.6. The predicted molar refractivity (Wildman–Crippen MR) is 106 cm³/mol. The van der Waals surface area contributed by atoms with Crippen LogP contribution in [0, 0.1) is 0 Å². The van der Waals surface area contributed by atoms with Gasteiger partial charge in [0.2, 0.25) is 0 Å². The largest absolute Gasteiger partial charge is 0.360 e. The number of ketones is 1. The third kappa shape index (κ3) is 3.56. The molecular formula is C19H21N5O4S. The van der Waals surface area contributed by atoms with E-state index in [1.165, 1.54) is 21.7 Å². The van der Waals surface area contributed by atoms with E-state index in [1.54, 1.807) is 23.9 Å². The van der Waals surface area contributed by atoms with Gasteiger partial charge in [0.25, 0.3) is 21.7 Å². The highest BCUT2D eigenvalue weighted by Crippen LogP contribution is 2.20. The van der Waals surface area contributed by atoms with Crippen LogP contribution in [0.5, 0.6) is 0 Å². The molecule has 1 amide bonds. The van der Waals surface area contributed by atoms with E-state index in [0.29, 0.717) is 23.9 Å². The fourth-order valence-electron chi connectivity index (χ4n) is 3.51. The molecule has 4 rings (SSSR count). The molecule has 9 nitrogen and oxygen atoms in total. The SMILES string of the molecule is Cn1cnc(S(=O)(=O)N2CCCN(C(=O)C(=O)c3c[nH]c4ccccc34)CC2)c1. The molecule has 1 N–H and O–H groups in total. The van der Waals surface area contributed by atoms with Crippen molar-refractivity contribution < 1.29 is 18.0 Å². The molecule has 0 unspecified atom stereocenters. The van der Waals surface area contributed by atoms with Crippen molar-refractivity contribution in [2.45, 2.75) is 11.4 Å². The van der Waals surface area contributed by atoms with Crippen LogP contribution in [0.15, 0.2) is 48.0 Å². The lowest BCUT2D eigenvalue weighted by molar-refractivity contribution is -0.126. The fraction of sp³-hybridized carbons (Fsp3) is 0.316. The van der Waals surface area contributed by atoms with Crippen LogP contribution < -0.4 is 0 Å². The Labute approximate surface area is 168 Å². The van der Waals surface area contributed by atoms with Crippen LogP contribution in [-0.2, 0) is 21.9 Å². The minimum Gasteiger partial charge on any atom is -0.360 e. The molecule has 1 aliphatic rings. The highest BCUT2D eigenvalue weighted by atomic mass is 32.2. The number of carbonyl (C=O) groups is 2. The molecule has 0 saturated carbocycles. The maximum atomic E-state index is 12.8. The molecule has 10 heteroatoms. The van der Waals surface area contributed by atoms with E-state index in [0.717, 1.165) is 5.52 Å². The first-order chi connectivity index (χ1) is 13.9. The molecule has 2 aromatic heterocycles. The van der Waals surface area contributed by atoms with Gasteiger partial charge in [0, 0.05) is 56.5 Å². The van der Waals surface area contributed by atoms with E-state index in [9.17, 15) is 18.0 Å². The topological polar surface area (TPSA) is 108 Å². The summed E-state index contributed by atoms with van der Waals surface area (Å²) in [5.74, 6) is -1.21. The van der Waals surface area contributed by atoms with E-state index >= 15 is 0 Å². The van der Waals surface area contributed by atoms with Crippen molar-refractivity contribution in [2.24, 2.45) is 7.05 Å². The highest BCUT2D eigenvalue weighted by molar-refractivity contribution is 7.89. The van der Waals surface area contributed by atoms with Crippen molar-refractivity contribution >= 4 is 32.6 Å². The summed E-state index contributed by atoms with van der Waals surface area (Å²) < 4.78 is 28.4. The number of aromatic nitrogens is 3. The number of Topliss-reactive ketones (excluding diaryl/α,β-unsaturated/α-hetero) is 1. The zero-order valence-electron chi connectivity index (χ0n) is 15.9. The number of nitrogens with zero attached hydrogens (tertiary/aromatic N) is 4. The van der Waals surface area contributed by atoms with Crippen LogP contribution in [0.4, 0.5) is 0 Å². The number of H-pyrrole nitrogens is 1. The molecule has 152 valence electrons. The summed E-state index contributed by atoms with van der Waals surface area (Å²) in [5.41, 5.74) is 1.11. The van der Waals surface area contributed by atoms with Gasteiger partial charge in [-0.05, 0) is 12.5 Å². The van der Waals surface area contributed by atoms with E-state index in [-0.39, 0.29) is 24.7 Å². The van der Waals surface area contributed by atoms with Crippen molar-refractivity contribution in [2.75, 3.05) is 26.2 Å². The Morgan fingerprint density at radius 1 is 1.10 bits per heavy atom. The Kier molecular flexibility index (Phi) is 4.97. The Bertz CT molecular complexity index is 1180. The molecule has 1 saturated heterocycles. The van der Waals surface area contributed by atoms with Gasteiger partial charge in [0.05, 0.1) is 11.9 Å². The molecule has 0 atom stereocenters. The number of hydrogen-bond acceptors (Lipinski definition) is 5. The van der Waals surface area contributed by atoms with Crippen LogP contribution in [0.25, 0.3) is 10.9 Å². The number of aromatic amines is 1. The van der Waals surface area contributed by atoms with E-state index < -0.39 is 21.7 Å². The molecule has 29 heavy (non-hydrogen) atoms. The lowest BCUT2D eigenvalue weighted by Crippen LogP contribution is -2.40. The molecule has 3 aromatic rings. The van der Waals surface area contributed by atoms with Gasteiger partial charge < -0.3 is 14.5 Å². The average molecular weight is 415 g/mol. The van der Waals surface area contributed by atoms with Crippen molar-refractivity contribution in [3.63, 3.8) is 0 Å². The number of benzene rings is 1. The fourth-order valence-corrected chi connectivity index (χ4v) is 4.95. The molecule has 1 aromatic carbocycles. The second-order valence-corrected chi connectivity index (χ2v) is 8.89. The van der Waals surface area contributed by atoms with Gasteiger partial charge in [-0.3, -0.25) is 9.59 Å². The van der Waals surface area contributed by atoms with Crippen molar-refractivity contribution in [1.29, 1.82) is 0 Å². The van der Waals surface area contributed by atoms with Gasteiger partial charge >= 0.3 is 0 Å². The number of amides is 1. The summed E-state index contributed by atoms with van der Waals surface area (Å²) in [6.07, 6.45) is 4.86. The Morgan fingerprint density at radius 2 is 1.90 bits per heavy atom. The third-order valence-corrected chi connectivity index (χ3v) is 6.84. The molecule has 0 aliphatic carbocycles. The first-order valence-electron chi connectivity index (χ1n) is 9.26. The van der Waals surface area contributed by atoms with Gasteiger partial charge in [-0.2, -0.15) is 4.31 Å². The smallest absolute Gasteiger partial charge is 0.295 e. The second kappa shape index (κ2) is 7.45. The minimum absolute atomic E-state index is 0.0188. The first-order valence-corrected chi connectivity index (χ1v) is 10.7. The maximum absolute atomic E-state index is 12.8. The Morgan fingerprint density at radius 3 is 2.66 bits per heavy atom. The standard InChI is InChI=1S/C19H21N5O4S/c1-22-12-17(21-13-22)29(27,28)24-8-4-7-23(9-10-24)19(26)18(25)15-11-20-16-6-3-2-5-14(15)16/h2-3,5-6,11-13,20H,4,7-10H2,1H3. The molecule has 1 aliphatic heterocycles. The third-order valence-electron chi connectivity index (χ3n) is 5.06. The van der Waals surface area contributed by atoms with Crippen LogP contribution in [0.2, 0.25) is 0 Å². The average Bonchev–Trinajstić information content (AvgIpc) is 3.26. The number of carbonyl (C=O) groups excluding carboxylic acids is 2. The van der Waals surface area contributed by atoms with Crippen LogP contribution in [0.3, 0.4) is 0 Å². The van der Waals surface area contributed by atoms with E-state index in [1.807, 2.05) is 18.2 Å². The van der Waals surface area contributed by atoms with E-state index in [4.69, 9.17) is 0 Å². The van der Waals surface area contributed by atoms with Crippen LogP contribution in [0.1, 0.15) is 16.8 Å². The predicted octanol–water partition coefficient (Wildman–Crippen LogP) is 1.01. The normalized spacial score (nSPS) is 16.1. The molecule has 0 bridgehead atoms. The zero-order valence-corrected chi connectivity index (χ0v) is 16.7. The van der Waals surface area contributed by atoms with Gasteiger partial charge in [-0.25, -0.2) is 13.4 Å². The second-order valence-electron chi connectivity index (χ2n) is 7.00. The molecular weight excluding hydrogens is 394 g/mol. The summed E-state index contributed by atoms with van der Waals surface area (Å²) in [4.78, 5) is 33.9. The summed E-state index contributed by atoms with van der Waals surface area (Å²) in [5, 5.41) is 0.676. The number of sulfonamides is 1. The summed E-state index contributed by atoms with van der Waals surface area (Å²) >= 11 is 0. The van der Waals surface area contributed by atoms with Gasteiger partial charge in [-0.15, -0.1) is 0 Å². The minimum atomic E-state index is -3.73. The molecule has 3 heterocycles. The lowest BCUT2D eigenvalue weighted by atomic mass is 10.1. The molecule has 1 fully saturated rings. The number of hydrogen-bond donors (Lipinski definition) is 1. The van der Waals surface area contributed by atoms with E-state index in [2.05, 4.69) is 9.97 Å². The number of imidazole rings is 1. The van der Waals surface area contributed by atoms with Crippen molar-refractivity contribution in [3.8, 4) is 0 Å². The molecule has 0 spiro atoms. The van der Waals surface area contributed by atoms with Crippen molar-refractivity contribution in [3.05, 3.63) is 48.5 Å². The highest BCUT2D eigenvalue weighted by Gasteiger charge is 2.32. The van der Waals surface area contributed by atoms with Crippen LogP contribution >= 0.6 is 0 Å². The number of nitrogens with one attached hydrogen (secondary N) is 1. The Balaban J connectivity index is 1.49. The van der Waals surface area contributed by atoms with Gasteiger partial charge in [-0.1, -0.05) is 18.2 Å². The summed E-state index contributed by atoms with van der Waals surface area (Å²) in [6.45, 7) is 0.857. The number of fused-ring (bicyclic) bond motifs is 1.